The van der Waals surface area contributed by atoms with Crippen LogP contribution in [-0.4, -0.2) is 16.5 Å². The fourth-order valence-corrected chi connectivity index (χ4v) is 0.835. The highest BCUT2D eigenvalue weighted by Crippen LogP contribution is 2.02. The van der Waals surface area contributed by atoms with Gasteiger partial charge in [0.1, 0.15) is 11.8 Å². The molecule has 0 unspecified atom stereocenters. The maximum absolute atomic E-state index is 8.60. The van der Waals surface area contributed by atoms with E-state index in [1.165, 1.54) is 0 Å². The highest BCUT2D eigenvalue weighted by atomic mass is 15.1. The first kappa shape index (κ1) is 9.02. The van der Waals surface area contributed by atoms with Crippen LogP contribution in [0.2, 0.25) is 0 Å². The number of hydrogen-bond donors (Lipinski definition) is 1. The van der Waals surface area contributed by atoms with Crippen molar-refractivity contribution in [1.82, 2.24) is 9.97 Å². The smallest absolute Gasteiger partial charge is 0.224 e. The van der Waals surface area contributed by atoms with E-state index in [1.54, 1.807) is 13.0 Å². The summed E-state index contributed by atoms with van der Waals surface area (Å²) in [5.74, 6) is 2.80. The van der Waals surface area contributed by atoms with E-state index in [0.717, 1.165) is 5.69 Å². The zero-order chi connectivity index (χ0) is 9.68. The molecule has 1 rings (SSSR count). The summed E-state index contributed by atoms with van der Waals surface area (Å²) in [5.41, 5.74) is 1.08. The number of aryl methyl sites for hydroxylation is 1. The maximum Gasteiger partial charge on any atom is 0.224 e. The third-order valence-corrected chi connectivity index (χ3v) is 1.32. The fraction of sp³-hybridized carbons (Fsp3) is 0.222. The van der Waals surface area contributed by atoms with Crippen LogP contribution in [0.4, 0.5) is 5.95 Å². The van der Waals surface area contributed by atoms with E-state index in [0.29, 0.717) is 18.2 Å². The zero-order valence-corrected chi connectivity index (χ0v) is 7.20. The van der Waals surface area contributed by atoms with Crippen LogP contribution in [0.1, 0.15) is 11.4 Å². The molecule has 1 aromatic rings. The average molecular weight is 172 g/mol. The normalized spacial score (nSPS) is 8.54. The molecule has 0 radical (unpaired) electrons. The quantitative estimate of drug-likeness (QED) is 0.667. The molecule has 1 heterocycles. The molecule has 1 aromatic heterocycles. The van der Waals surface area contributed by atoms with Gasteiger partial charge in [0.15, 0.2) is 0 Å². The van der Waals surface area contributed by atoms with Crippen molar-refractivity contribution in [3.63, 3.8) is 0 Å². The van der Waals surface area contributed by atoms with Crippen molar-refractivity contribution in [2.24, 2.45) is 0 Å². The third kappa shape index (κ3) is 2.46. The van der Waals surface area contributed by atoms with Crippen LogP contribution < -0.4 is 5.32 Å². The van der Waals surface area contributed by atoms with Gasteiger partial charge in [-0.25, -0.2) is 9.97 Å². The van der Waals surface area contributed by atoms with Gasteiger partial charge in [-0.1, -0.05) is 5.92 Å². The van der Waals surface area contributed by atoms with E-state index in [2.05, 4.69) is 21.2 Å². The molecule has 1 N–H and O–H groups in total. The standard InChI is InChI=1S/C9H8N4/c1-3-4-11-9-12-7(2)5-8(6-10)13-9/h1,5H,4H2,2H3,(H,11,12,13). The van der Waals surface area contributed by atoms with Gasteiger partial charge in [0.05, 0.1) is 6.54 Å². The third-order valence-electron chi connectivity index (χ3n) is 1.32. The molecule has 0 saturated heterocycles. The summed E-state index contributed by atoms with van der Waals surface area (Å²) in [6, 6.07) is 3.55. The predicted molar refractivity (Wildman–Crippen MR) is 48.8 cm³/mol. The second-order valence-electron chi connectivity index (χ2n) is 2.39. The van der Waals surface area contributed by atoms with Crippen LogP contribution >= 0.6 is 0 Å². The summed E-state index contributed by atoms with van der Waals surface area (Å²) in [6.07, 6.45) is 5.05. The van der Waals surface area contributed by atoms with Crippen LogP contribution in [0.5, 0.6) is 0 Å². The Balaban J connectivity index is 2.91. The predicted octanol–water partition coefficient (Wildman–Crippen LogP) is 0.702. The number of hydrogen-bond acceptors (Lipinski definition) is 4. The minimum Gasteiger partial charge on any atom is -0.343 e. The summed E-state index contributed by atoms with van der Waals surface area (Å²) < 4.78 is 0. The molecule has 0 bridgehead atoms. The molecule has 4 heteroatoms. The Morgan fingerprint density at radius 2 is 2.38 bits per heavy atom. The number of nitrogens with zero attached hydrogens (tertiary/aromatic N) is 3. The topological polar surface area (TPSA) is 61.6 Å². The van der Waals surface area contributed by atoms with Crippen molar-refractivity contribution in [2.75, 3.05) is 11.9 Å². The summed E-state index contributed by atoms with van der Waals surface area (Å²) in [7, 11) is 0. The van der Waals surface area contributed by atoms with Crippen molar-refractivity contribution in [3.8, 4) is 18.4 Å². The maximum atomic E-state index is 8.60. The van der Waals surface area contributed by atoms with Crippen LogP contribution in [-0.2, 0) is 0 Å². The van der Waals surface area contributed by atoms with Gasteiger partial charge in [-0.05, 0) is 13.0 Å². The largest absolute Gasteiger partial charge is 0.343 e. The van der Waals surface area contributed by atoms with Crippen LogP contribution in [0, 0.1) is 30.6 Å². The molecular formula is C9H8N4. The van der Waals surface area contributed by atoms with Gasteiger partial charge >= 0.3 is 0 Å². The van der Waals surface area contributed by atoms with E-state index >= 15 is 0 Å². The van der Waals surface area contributed by atoms with E-state index in [-0.39, 0.29) is 0 Å². The molecule has 13 heavy (non-hydrogen) atoms. The molecule has 0 saturated carbocycles. The molecule has 64 valence electrons. The highest BCUT2D eigenvalue weighted by molar-refractivity contribution is 5.33. The zero-order valence-electron chi connectivity index (χ0n) is 7.20. The van der Waals surface area contributed by atoms with E-state index in [1.807, 2.05) is 6.07 Å². The molecule has 0 aliphatic heterocycles. The van der Waals surface area contributed by atoms with Gasteiger partial charge in [-0.3, -0.25) is 0 Å². The van der Waals surface area contributed by atoms with Gasteiger partial charge < -0.3 is 5.32 Å². The van der Waals surface area contributed by atoms with Gasteiger partial charge in [-0.2, -0.15) is 5.26 Å². The Kier molecular flexibility index (Phi) is 2.83. The lowest BCUT2D eigenvalue weighted by Crippen LogP contribution is -2.05. The number of anilines is 1. The first-order chi connectivity index (χ1) is 6.26. The lowest BCUT2D eigenvalue weighted by molar-refractivity contribution is 1.06. The van der Waals surface area contributed by atoms with Crippen molar-refractivity contribution in [2.45, 2.75) is 6.92 Å². The minimum absolute atomic E-state index is 0.340. The molecule has 0 spiro atoms. The molecule has 0 atom stereocenters. The second-order valence-corrected chi connectivity index (χ2v) is 2.39. The van der Waals surface area contributed by atoms with Crippen molar-refractivity contribution < 1.29 is 0 Å². The Morgan fingerprint density at radius 3 is 3.00 bits per heavy atom. The van der Waals surface area contributed by atoms with Crippen molar-refractivity contribution in [3.05, 3.63) is 17.5 Å². The Bertz CT molecular complexity index is 384. The monoisotopic (exact) mass is 172 g/mol. The molecule has 0 amide bonds. The number of aromatic nitrogens is 2. The number of terminal acetylenes is 1. The van der Waals surface area contributed by atoms with Crippen LogP contribution in [0.3, 0.4) is 0 Å². The minimum atomic E-state index is 0.340. The van der Waals surface area contributed by atoms with E-state index < -0.39 is 0 Å². The average Bonchev–Trinajstić information content (AvgIpc) is 2.14. The SMILES string of the molecule is C#CCNc1nc(C)cc(C#N)n1. The van der Waals surface area contributed by atoms with Gasteiger partial charge in [0.25, 0.3) is 0 Å². The Labute approximate surface area is 76.6 Å². The van der Waals surface area contributed by atoms with Gasteiger partial charge in [-0.15, -0.1) is 6.42 Å². The van der Waals surface area contributed by atoms with Gasteiger partial charge in [0.2, 0.25) is 5.95 Å². The van der Waals surface area contributed by atoms with E-state index in [9.17, 15) is 0 Å². The summed E-state index contributed by atoms with van der Waals surface area (Å²) in [4.78, 5) is 7.96. The first-order valence-corrected chi connectivity index (χ1v) is 3.69. The van der Waals surface area contributed by atoms with Gasteiger partial charge in [0, 0.05) is 5.69 Å². The molecule has 0 aliphatic carbocycles. The number of nitriles is 1. The first-order valence-electron chi connectivity index (χ1n) is 3.69. The molecule has 4 nitrogen and oxygen atoms in total. The highest BCUT2D eigenvalue weighted by Gasteiger charge is 1.99. The Morgan fingerprint density at radius 1 is 1.62 bits per heavy atom. The number of nitrogens with one attached hydrogen (secondary N) is 1. The van der Waals surface area contributed by atoms with Crippen LogP contribution in [0.25, 0.3) is 0 Å². The number of rotatable bonds is 2. The molecule has 0 aromatic carbocycles. The van der Waals surface area contributed by atoms with Crippen LogP contribution in [0.15, 0.2) is 6.07 Å². The Hall–Kier alpha value is -2.07. The lowest BCUT2D eigenvalue weighted by atomic mass is 10.3. The summed E-state index contributed by atoms with van der Waals surface area (Å²) in [5, 5.41) is 11.4. The summed E-state index contributed by atoms with van der Waals surface area (Å²) in [6.45, 7) is 2.15. The van der Waals surface area contributed by atoms with E-state index in [4.69, 9.17) is 11.7 Å². The molecular weight excluding hydrogens is 164 g/mol. The van der Waals surface area contributed by atoms with Crippen molar-refractivity contribution >= 4 is 5.95 Å². The second kappa shape index (κ2) is 4.08. The summed E-state index contributed by atoms with van der Waals surface area (Å²) >= 11 is 0. The lowest BCUT2D eigenvalue weighted by Gasteiger charge is -2.01. The van der Waals surface area contributed by atoms with Crippen molar-refractivity contribution in [1.29, 1.82) is 5.26 Å². The molecule has 0 aliphatic rings. The fourth-order valence-electron chi connectivity index (χ4n) is 0.835. The molecule has 0 fully saturated rings.